The van der Waals surface area contributed by atoms with Crippen molar-refractivity contribution in [2.45, 2.75) is 19.8 Å². The van der Waals surface area contributed by atoms with E-state index in [1.165, 1.54) is 25.9 Å². The second-order valence-corrected chi connectivity index (χ2v) is 6.42. The van der Waals surface area contributed by atoms with E-state index in [0.717, 1.165) is 24.3 Å². The molecule has 110 valence electrons. The Morgan fingerprint density at radius 1 is 1.45 bits per heavy atom. The van der Waals surface area contributed by atoms with Crippen LogP contribution in [-0.2, 0) is 0 Å². The van der Waals surface area contributed by atoms with Gasteiger partial charge in [0.1, 0.15) is 4.99 Å². The van der Waals surface area contributed by atoms with Crippen molar-refractivity contribution in [1.82, 2.24) is 4.90 Å². The zero-order valence-corrected chi connectivity index (χ0v) is 13.4. The Hall–Kier alpha value is -0.840. The quantitative estimate of drug-likeness (QED) is 0.792. The van der Waals surface area contributed by atoms with E-state index in [-0.39, 0.29) is 0 Å². The number of nitrogens with zero attached hydrogens (tertiary/aromatic N) is 1. The van der Waals surface area contributed by atoms with Crippen LogP contribution in [0.5, 0.6) is 0 Å². The van der Waals surface area contributed by atoms with E-state index in [1.54, 1.807) is 0 Å². The minimum absolute atomic E-state index is 0.377. The number of anilines is 1. The summed E-state index contributed by atoms with van der Waals surface area (Å²) in [4.78, 5) is 2.91. The number of hydrogen-bond donors (Lipinski definition) is 2. The minimum Gasteiger partial charge on any atom is -0.389 e. The molecule has 1 aromatic carbocycles. The third-order valence-electron chi connectivity index (χ3n) is 3.66. The molecule has 2 rings (SSSR count). The first-order valence-corrected chi connectivity index (χ1v) is 7.90. The van der Waals surface area contributed by atoms with Gasteiger partial charge < -0.3 is 16.0 Å². The highest BCUT2D eigenvalue weighted by Crippen LogP contribution is 2.21. The van der Waals surface area contributed by atoms with E-state index in [4.69, 9.17) is 29.6 Å². The van der Waals surface area contributed by atoms with Gasteiger partial charge in [-0.05, 0) is 50.0 Å². The zero-order chi connectivity index (χ0) is 14.5. The van der Waals surface area contributed by atoms with E-state index in [2.05, 4.69) is 17.1 Å². The maximum absolute atomic E-state index is 5.99. The molecule has 0 amide bonds. The molecule has 1 heterocycles. The fourth-order valence-corrected chi connectivity index (χ4v) is 2.97. The van der Waals surface area contributed by atoms with Gasteiger partial charge in [0.2, 0.25) is 0 Å². The van der Waals surface area contributed by atoms with E-state index < -0.39 is 0 Å². The molecule has 3 N–H and O–H groups in total. The van der Waals surface area contributed by atoms with Crippen LogP contribution < -0.4 is 11.1 Å². The Morgan fingerprint density at radius 2 is 2.15 bits per heavy atom. The molecule has 1 aromatic rings. The molecule has 0 aliphatic carbocycles. The highest BCUT2D eigenvalue weighted by Gasteiger charge is 2.15. The van der Waals surface area contributed by atoms with Crippen molar-refractivity contribution in [1.29, 1.82) is 0 Å². The number of thiocarbonyl (C=S) groups is 1. The summed E-state index contributed by atoms with van der Waals surface area (Å²) in [5.41, 5.74) is 7.53. The molecule has 0 aromatic heterocycles. The van der Waals surface area contributed by atoms with Crippen LogP contribution in [-0.4, -0.2) is 36.1 Å². The molecule has 20 heavy (non-hydrogen) atoms. The van der Waals surface area contributed by atoms with Crippen LogP contribution in [0.1, 0.15) is 25.3 Å². The molecule has 0 radical (unpaired) electrons. The SMILES string of the molecule is CC(CNc1ccc(Cl)cc1C(N)=S)CN1CCCC1. The van der Waals surface area contributed by atoms with Crippen LogP contribution in [0.4, 0.5) is 5.69 Å². The minimum atomic E-state index is 0.377. The maximum atomic E-state index is 5.99. The Morgan fingerprint density at radius 3 is 2.80 bits per heavy atom. The van der Waals surface area contributed by atoms with Gasteiger partial charge in [-0.25, -0.2) is 0 Å². The fraction of sp³-hybridized carbons (Fsp3) is 0.533. The third kappa shape index (κ3) is 4.33. The number of nitrogens with one attached hydrogen (secondary N) is 1. The molecular formula is C15H22ClN3S. The number of halogens is 1. The van der Waals surface area contributed by atoms with Crippen LogP contribution in [0.3, 0.4) is 0 Å². The number of nitrogens with two attached hydrogens (primary N) is 1. The predicted molar refractivity (Wildman–Crippen MR) is 90.7 cm³/mol. The molecule has 5 heteroatoms. The van der Waals surface area contributed by atoms with Crippen LogP contribution in [0.15, 0.2) is 18.2 Å². The van der Waals surface area contributed by atoms with E-state index >= 15 is 0 Å². The summed E-state index contributed by atoms with van der Waals surface area (Å²) in [7, 11) is 0. The number of benzene rings is 1. The van der Waals surface area contributed by atoms with Crippen LogP contribution >= 0.6 is 23.8 Å². The fourth-order valence-electron chi connectivity index (χ4n) is 2.63. The Balaban J connectivity index is 1.91. The number of rotatable bonds is 6. The molecule has 0 spiro atoms. The molecule has 1 aliphatic heterocycles. The van der Waals surface area contributed by atoms with Gasteiger partial charge in [0.05, 0.1) is 0 Å². The normalized spacial score (nSPS) is 17.1. The van der Waals surface area contributed by atoms with E-state index in [0.29, 0.717) is 15.9 Å². The summed E-state index contributed by atoms with van der Waals surface area (Å²) in [5.74, 6) is 0.586. The average Bonchev–Trinajstić information content (AvgIpc) is 2.90. The molecule has 1 aliphatic rings. The van der Waals surface area contributed by atoms with Crippen molar-refractivity contribution in [3.8, 4) is 0 Å². The third-order valence-corrected chi connectivity index (χ3v) is 4.11. The van der Waals surface area contributed by atoms with Gasteiger partial charge in [0, 0.05) is 29.4 Å². The molecule has 0 bridgehead atoms. The average molecular weight is 312 g/mol. The second kappa shape index (κ2) is 7.25. The van der Waals surface area contributed by atoms with Crippen molar-refractivity contribution < 1.29 is 0 Å². The van der Waals surface area contributed by atoms with Crippen molar-refractivity contribution in [3.05, 3.63) is 28.8 Å². The lowest BCUT2D eigenvalue weighted by molar-refractivity contribution is 0.294. The monoisotopic (exact) mass is 311 g/mol. The first-order valence-electron chi connectivity index (χ1n) is 7.12. The Labute approximate surface area is 131 Å². The first kappa shape index (κ1) is 15.5. The summed E-state index contributed by atoms with van der Waals surface area (Å²) >= 11 is 11.1. The topological polar surface area (TPSA) is 41.3 Å². The van der Waals surface area contributed by atoms with Gasteiger partial charge in [-0.3, -0.25) is 0 Å². The molecule has 1 fully saturated rings. The summed E-state index contributed by atoms with van der Waals surface area (Å²) in [6.45, 7) is 6.80. The lowest BCUT2D eigenvalue weighted by Gasteiger charge is -2.21. The van der Waals surface area contributed by atoms with Crippen LogP contribution in [0, 0.1) is 5.92 Å². The van der Waals surface area contributed by atoms with E-state index in [1.807, 2.05) is 18.2 Å². The molecule has 1 atom stereocenters. The van der Waals surface area contributed by atoms with Crippen LogP contribution in [0.2, 0.25) is 5.02 Å². The van der Waals surface area contributed by atoms with E-state index in [9.17, 15) is 0 Å². The highest BCUT2D eigenvalue weighted by atomic mass is 35.5. The predicted octanol–water partition coefficient (Wildman–Crippen LogP) is 3.12. The lowest BCUT2D eigenvalue weighted by atomic mass is 10.1. The second-order valence-electron chi connectivity index (χ2n) is 5.55. The van der Waals surface area contributed by atoms with Crippen molar-refractivity contribution in [2.24, 2.45) is 11.7 Å². The van der Waals surface area contributed by atoms with Crippen LogP contribution in [0.25, 0.3) is 0 Å². The summed E-state index contributed by atoms with van der Waals surface area (Å²) in [6.07, 6.45) is 2.67. The Bertz CT molecular complexity index is 472. The molecule has 1 saturated heterocycles. The highest BCUT2D eigenvalue weighted by molar-refractivity contribution is 7.80. The van der Waals surface area contributed by atoms with Crippen molar-refractivity contribution >= 4 is 34.5 Å². The van der Waals surface area contributed by atoms with Gasteiger partial charge in [0.25, 0.3) is 0 Å². The molecule has 0 saturated carbocycles. The van der Waals surface area contributed by atoms with Gasteiger partial charge in [-0.1, -0.05) is 30.7 Å². The molecular weight excluding hydrogens is 290 g/mol. The van der Waals surface area contributed by atoms with Crippen molar-refractivity contribution in [2.75, 3.05) is 31.5 Å². The maximum Gasteiger partial charge on any atom is 0.106 e. The largest absolute Gasteiger partial charge is 0.389 e. The van der Waals surface area contributed by atoms with Gasteiger partial charge in [0.15, 0.2) is 0 Å². The van der Waals surface area contributed by atoms with Gasteiger partial charge >= 0.3 is 0 Å². The summed E-state index contributed by atoms with van der Waals surface area (Å²) < 4.78 is 0. The smallest absolute Gasteiger partial charge is 0.106 e. The van der Waals surface area contributed by atoms with Gasteiger partial charge in [-0.15, -0.1) is 0 Å². The molecule has 1 unspecified atom stereocenters. The molecule has 3 nitrogen and oxygen atoms in total. The first-order chi connectivity index (χ1) is 9.56. The van der Waals surface area contributed by atoms with Crippen molar-refractivity contribution in [3.63, 3.8) is 0 Å². The zero-order valence-electron chi connectivity index (χ0n) is 11.9. The number of likely N-dealkylation sites (tertiary alicyclic amines) is 1. The lowest BCUT2D eigenvalue weighted by Crippen LogP contribution is -2.29. The number of hydrogen-bond acceptors (Lipinski definition) is 3. The summed E-state index contributed by atoms with van der Waals surface area (Å²) in [6, 6.07) is 5.62. The standard InChI is InChI=1S/C15H22ClN3S/c1-11(10-19-6-2-3-7-19)9-18-14-5-4-12(16)8-13(14)15(17)20/h4-5,8,11,18H,2-3,6-7,9-10H2,1H3,(H2,17,20). The summed E-state index contributed by atoms with van der Waals surface area (Å²) in [5, 5.41) is 4.10. The van der Waals surface area contributed by atoms with Gasteiger partial charge in [-0.2, -0.15) is 0 Å². The Kier molecular flexibility index (Phi) is 5.64.